The number of hydrogen-bond donors (Lipinski definition) is 3. The van der Waals surface area contributed by atoms with E-state index in [2.05, 4.69) is 27.2 Å². The number of hydrogen-bond acceptors (Lipinski definition) is 7. The van der Waals surface area contributed by atoms with E-state index in [0.29, 0.717) is 19.0 Å². The first-order valence-corrected chi connectivity index (χ1v) is 9.31. The first kappa shape index (κ1) is 19.7. The Balaban J connectivity index is 1.82. The van der Waals surface area contributed by atoms with Gasteiger partial charge in [-0.3, -0.25) is 4.79 Å². The van der Waals surface area contributed by atoms with Crippen molar-refractivity contribution in [3.8, 4) is 5.75 Å². The number of carbonyl (C=O) groups excluding carboxylic acids is 1. The van der Waals surface area contributed by atoms with Crippen LogP contribution in [0.1, 0.15) is 36.6 Å². The highest BCUT2D eigenvalue weighted by atomic mass is 35.5. The Morgan fingerprint density at radius 2 is 2.00 bits per heavy atom. The topological polar surface area (TPSA) is 134 Å². The summed E-state index contributed by atoms with van der Waals surface area (Å²) >= 11 is 5.84. The number of nitrogens with zero attached hydrogens (tertiary/aromatic N) is 4. The summed E-state index contributed by atoms with van der Waals surface area (Å²) in [5, 5.41) is 2.68. The van der Waals surface area contributed by atoms with Crippen LogP contribution in [0.25, 0.3) is 11.0 Å². The lowest BCUT2D eigenvalue weighted by molar-refractivity contribution is 0.0945. The second-order valence-electron chi connectivity index (χ2n) is 6.09. The first-order chi connectivity index (χ1) is 13.4. The minimum Gasteiger partial charge on any atom is -0.494 e. The Morgan fingerprint density at radius 3 is 2.71 bits per heavy atom. The molecule has 9 nitrogen and oxygen atoms in total. The van der Waals surface area contributed by atoms with Gasteiger partial charge in [-0.05, 0) is 25.5 Å². The SMILES string of the molecule is CCCOc1ccc2nc(CNC(=O)c3nc(Cl)c(N)nc3N)n(CC)c2c1. The van der Waals surface area contributed by atoms with Crippen LogP contribution in [-0.4, -0.2) is 32.0 Å². The molecule has 0 radical (unpaired) electrons. The number of imidazole rings is 1. The molecule has 0 aliphatic carbocycles. The molecule has 0 fully saturated rings. The van der Waals surface area contributed by atoms with Crippen molar-refractivity contribution in [3.05, 3.63) is 34.9 Å². The molecule has 2 heterocycles. The van der Waals surface area contributed by atoms with Crippen LogP contribution in [0, 0.1) is 0 Å². The lowest BCUT2D eigenvalue weighted by Gasteiger charge is -2.09. The number of benzene rings is 1. The van der Waals surface area contributed by atoms with Crippen LogP contribution in [-0.2, 0) is 13.1 Å². The number of ether oxygens (including phenoxy) is 1. The molecule has 0 aliphatic heterocycles. The number of rotatable bonds is 7. The molecule has 28 heavy (non-hydrogen) atoms. The number of fused-ring (bicyclic) bond motifs is 1. The average molecular weight is 404 g/mol. The lowest BCUT2D eigenvalue weighted by Crippen LogP contribution is -2.27. The highest BCUT2D eigenvalue weighted by molar-refractivity contribution is 6.31. The number of aromatic nitrogens is 4. The molecule has 0 spiro atoms. The Morgan fingerprint density at radius 1 is 1.21 bits per heavy atom. The summed E-state index contributed by atoms with van der Waals surface area (Å²) in [5.74, 6) is 0.880. The van der Waals surface area contributed by atoms with Crippen LogP contribution in [0.2, 0.25) is 5.15 Å². The van der Waals surface area contributed by atoms with E-state index >= 15 is 0 Å². The Bertz CT molecular complexity index is 1020. The quantitative estimate of drug-likeness (QED) is 0.551. The van der Waals surface area contributed by atoms with Crippen LogP contribution >= 0.6 is 11.6 Å². The van der Waals surface area contributed by atoms with E-state index in [4.69, 9.17) is 27.8 Å². The van der Waals surface area contributed by atoms with Crippen LogP contribution in [0.15, 0.2) is 18.2 Å². The minimum atomic E-state index is -0.506. The number of amides is 1. The summed E-state index contributed by atoms with van der Waals surface area (Å²) in [4.78, 5) is 24.8. The number of nitrogen functional groups attached to an aromatic ring is 2. The Kier molecular flexibility index (Phi) is 5.84. The predicted octanol–water partition coefficient (Wildman–Crippen LogP) is 2.38. The van der Waals surface area contributed by atoms with Crippen molar-refractivity contribution in [2.45, 2.75) is 33.4 Å². The molecule has 1 amide bonds. The summed E-state index contributed by atoms with van der Waals surface area (Å²) in [5.41, 5.74) is 13.0. The van der Waals surface area contributed by atoms with Crippen molar-refractivity contribution < 1.29 is 9.53 Å². The molecular formula is C18H22ClN7O2. The zero-order valence-electron chi connectivity index (χ0n) is 15.7. The third kappa shape index (κ3) is 3.94. The molecule has 0 bridgehead atoms. The zero-order chi connectivity index (χ0) is 20.3. The Labute approximate surface area is 167 Å². The fourth-order valence-corrected chi connectivity index (χ4v) is 2.93. The van der Waals surface area contributed by atoms with E-state index in [9.17, 15) is 4.79 Å². The van der Waals surface area contributed by atoms with E-state index < -0.39 is 5.91 Å². The van der Waals surface area contributed by atoms with Crippen molar-refractivity contribution in [1.29, 1.82) is 0 Å². The van der Waals surface area contributed by atoms with E-state index in [1.165, 1.54) is 0 Å². The van der Waals surface area contributed by atoms with Gasteiger partial charge in [-0.15, -0.1) is 0 Å². The third-order valence-electron chi connectivity index (χ3n) is 4.11. The third-order valence-corrected chi connectivity index (χ3v) is 4.39. The van der Waals surface area contributed by atoms with Crippen molar-refractivity contribution in [2.24, 2.45) is 0 Å². The predicted molar refractivity (Wildman–Crippen MR) is 108 cm³/mol. The van der Waals surface area contributed by atoms with Gasteiger partial charge in [0, 0.05) is 12.6 Å². The monoisotopic (exact) mass is 403 g/mol. The molecule has 3 aromatic rings. The van der Waals surface area contributed by atoms with Crippen molar-refractivity contribution in [1.82, 2.24) is 24.8 Å². The highest BCUT2D eigenvalue weighted by Crippen LogP contribution is 2.23. The number of nitrogens with one attached hydrogen (secondary N) is 1. The van der Waals surface area contributed by atoms with E-state index in [-0.39, 0.29) is 29.0 Å². The summed E-state index contributed by atoms with van der Waals surface area (Å²) in [6.45, 7) is 5.60. The molecule has 0 aliphatic rings. The van der Waals surface area contributed by atoms with Gasteiger partial charge in [0.1, 0.15) is 11.6 Å². The molecule has 0 saturated heterocycles. The fraction of sp³-hybridized carbons (Fsp3) is 0.333. The number of anilines is 2. The summed E-state index contributed by atoms with van der Waals surface area (Å²) in [6, 6.07) is 5.75. The van der Waals surface area contributed by atoms with Crippen molar-refractivity contribution >= 4 is 40.2 Å². The van der Waals surface area contributed by atoms with Gasteiger partial charge in [-0.25, -0.2) is 15.0 Å². The maximum Gasteiger partial charge on any atom is 0.274 e. The maximum atomic E-state index is 12.4. The van der Waals surface area contributed by atoms with Gasteiger partial charge in [0.2, 0.25) is 0 Å². The van der Waals surface area contributed by atoms with Gasteiger partial charge in [0.15, 0.2) is 22.5 Å². The number of nitrogens with two attached hydrogens (primary N) is 2. The largest absolute Gasteiger partial charge is 0.494 e. The summed E-state index contributed by atoms with van der Waals surface area (Å²) in [6.07, 6.45) is 0.934. The summed E-state index contributed by atoms with van der Waals surface area (Å²) in [7, 11) is 0. The van der Waals surface area contributed by atoms with Crippen LogP contribution in [0.5, 0.6) is 5.75 Å². The van der Waals surface area contributed by atoms with Crippen LogP contribution in [0.4, 0.5) is 11.6 Å². The lowest BCUT2D eigenvalue weighted by atomic mass is 10.3. The van der Waals surface area contributed by atoms with Gasteiger partial charge in [0.05, 0.1) is 24.2 Å². The standard InChI is InChI=1S/C18H22ClN7O2/c1-3-7-28-10-5-6-11-12(8-10)26(4-2)13(23-11)9-22-18(27)14-16(20)25-17(21)15(19)24-14/h5-6,8H,3-4,7,9H2,1-2H3,(H,22,27)(H4,20,21,25). The summed E-state index contributed by atoms with van der Waals surface area (Å²) < 4.78 is 7.71. The van der Waals surface area contributed by atoms with Crippen molar-refractivity contribution in [3.63, 3.8) is 0 Å². The molecule has 3 rings (SSSR count). The highest BCUT2D eigenvalue weighted by Gasteiger charge is 2.17. The fourth-order valence-electron chi connectivity index (χ4n) is 2.80. The molecule has 0 atom stereocenters. The molecule has 5 N–H and O–H groups in total. The van der Waals surface area contributed by atoms with E-state index in [1.54, 1.807) is 0 Å². The number of aryl methyl sites for hydroxylation is 1. The van der Waals surface area contributed by atoms with Crippen LogP contribution < -0.4 is 21.5 Å². The molecule has 0 unspecified atom stereocenters. The van der Waals surface area contributed by atoms with Gasteiger partial charge < -0.3 is 26.1 Å². The second-order valence-corrected chi connectivity index (χ2v) is 6.45. The number of halogens is 1. The van der Waals surface area contributed by atoms with E-state index in [1.807, 2.05) is 29.7 Å². The molecule has 2 aromatic heterocycles. The van der Waals surface area contributed by atoms with Crippen LogP contribution in [0.3, 0.4) is 0 Å². The number of carbonyl (C=O) groups is 1. The Hall–Kier alpha value is -3.07. The van der Waals surface area contributed by atoms with Gasteiger partial charge in [-0.2, -0.15) is 0 Å². The second kappa shape index (κ2) is 8.30. The molecule has 148 valence electrons. The van der Waals surface area contributed by atoms with Gasteiger partial charge >= 0.3 is 0 Å². The first-order valence-electron chi connectivity index (χ1n) is 8.93. The molecule has 10 heteroatoms. The zero-order valence-corrected chi connectivity index (χ0v) is 16.5. The minimum absolute atomic E-state index is 0.0235. The average Bonchev–Trinajstić information content (AvgIpc) is 3.03. The molecular weight excluding hydrogens is 382 g/mol. The van der Waals surface area contributed by atoms with E-state index in [0.717, 1.165) is 23.2 Å². The van der Waals surface area contributed by atoms with Gasteiger partial charge in [0.25, 0.3) is 5.91 Å². The van der Waals surface area contributed by atoms with Crippen molar-refractivity contribution in [2.75, 3.05) is 18.1 Å². The van der Waals surface area contributed by atoms with Gasteiger partial charge in [-0.1, -0.05) is 18.5 Å². The molecule has 1 aromatic carbocycles. The molecule has 0 saturated carbocycles. The maximum absolute atomic E-state index is 12.4. The normalized spacial score (nSPS) is 11.0. The smallest absolute Gasteiger partial charge is 0.274 e.